The van der Waals surface area contributed by atoms with Gasteiger partial charge in [-0.05, 0) is 31.4 Å². The molecule has 18 heavy (non-hydrogen) atoms. The van der Waals surface area contributed by atoms with E-state index < -0.39 is 0 Å². The lowest BCUT2D eigenvalue weighted by molar-refractivity contribution is 0.0927. The van der Waals surface area contributed by atoms with E-state index in [1.807, 2.05) is 0 Å². The van der Waals surface area contributed by atoms with E-state index in [4.69, 9.17) is 10.5 Å². The fourth-order valence-electron chi connectivity index (χ4n) is 1.99. The Balaban J connectivity index is 2.00. The van der Waals surface area contributed by atoms with Crippen LogP contribution in [0.15, 0.2) is 18.2 Å². The third-order valence-electron chi connectivity index (χ3n) is 3.40. The van der Waals surface area contributed by atoms with Gasteiger partial charge in [0.1, 0.15) is 11.5 Å². The first-order chi connectivity index (χ1) is 8.54. The second-order valence-corrected chi connectivity index (χ2v) is 4.78. The minimum absolute atomic E-state index is 0.0912. The largest absolute Gasteiger partial charge is 0.507 e. The van der Waals surface area contributed by atoms with E-state index in [0.717, 1.165) is 19.3 Å². The SMILES string of the molecule is COc1ccc(C(=O)NCC2(N)CCC2)c(O)c1. The number of phenolic OH excluding ortho intramolecular Hbond substituents is 1. The van der Waals surface area contributed by atoms with Crippen molar-refractivity contribution < 1.29 is 14.6 Å². The average Bonchev–Trinajstić information content (AvgIpc) is 2.33. The lowest BCUT2D eigenvalue weighted by atomic mass is 9.78. The van der Waals surface area contributed by atoms with Crippen molar-refractivity contribution in [1.29, 1.82) is 0 Å². The summed E-state index contributed by atoms with van der Waals surface area (Å²) in [7, 11) is 1.50. The zero-order chi connectivity index (χ0) is 13.2. The number of rotatable bonds is 4. The van der Waals surface area contributed by atoms with Crippen LogP contribution in [0.25, 0.3) is 0 Å². The van der Waals surface area contributed by atoms with Crippen LogP contribution in [0.2, 0.25) is 0 Å². The number of amides is 1. The fourth-order valence-corrected chi connectivity index (χ4v) is 1.99. The van der Waals surface area contributed by atoms with Crippen LogP contribution in [0.3, 0.4) is 0 Å². The molecule has 0 aliphatic heterocycles. The summed E-state index contributed by atoms with van der Waals surface area (Å²) in [5, 5.41) is 12.5. The molecule has 1 saturated carbocycles. The predicted molar refractivity (Wildman–Crippen MR) is 67.8 cm³/mol. The quantitative estimate of drug-likeness (QED) is 0.744. The summed E-state index contributed by atoms with van der Waals surface area (Å²) < 4.78 is 4.96. The summed E-state index contributed by atoms with van der Waals surface area (Å²) >= 11 is 0. The standard InChI is InChI=1S/C13H18N2O3/c1-18-9-3-4-10(11(16)7-9)12(17)15-8-13(14)5-2-6-13/h3-4,7,16H,2,5-6,8,14H2,1H3,(H,15,17). The number of carbonyl (C=O) groups is 1. The third-order valence-corrected chi connectivity index (χ3v) is 3.40. The second kappa shape index (κ2) is 4.86. The van der Waals surface area contributed by atoms with E-state index in [2.05, 4.69) is 5.32 Å². The minimum Gasteiger partial charge on any atom is -0.507 e. The number of hydrogen-bond donors (Lipinski definition) is 3. The third kappa shape index (κ3) is 2.56. The van der Waals surface area contributed by atoms with Crippen molar-refractivity contribution in [2.75, 3.05) is 13.7 Å². The lowest BCUT2D eigenvalue weighted by Crippen LogP contribution is -2.54. The van der Waals surface area contributed by atoms with E-state index in [9.17, 15) is 9.90 Å². The minimum atomic E-state index is -0.313. The molecule has 1 aliphatic rings. The first-order valence-electron chi connectivity index (χ1n) is 5.98. The van der Waals surface area contributed by atoms with Crippen LogP contribution in [0.1, 0.15) is 29.6 Å². The van der Waals surface area contributed by atoms with Gasteiger partial charge in [-0.1, -0.05) is 0 Å². The molecule has 1 aromatic rings. The van der Waals surface area contributed by atoms with Gasteiger partial charge in [0, 0.05) is 18.2 Å². The molecule has 4 N–H and O–H groups in total. The molecule has 0 radical (unpaired) electrons. The molecule has 0 unspecified atom stereocenters. The van der Waals surface area contributed by atoms with Crippen molar-refractivity contribution in [3.8, 4) is 11.5 Å². The summed E-state index contributed by atoms with van der Waals surface area (Å²) in [4.78, 5) is 11.9. The molecule has 1 aliphatic carbocycles. The van der Waals surface area contributed by atoms with Crippen LogP contribution in [0.4, 0.5) is 0 Å². The van der Waals surface area contributed by atoms with E-state index in [1.54, 1.807) is 6.07 Å². The molecule has 0 saturated heterocycles. The molecule has 0 bridgehead atoms. The maximum Gasteiger partial charge on any atom is 0.255 e. The van der Waals surface area contributed by atoms with Gasteiger partial charge in [0.2, 0.25) is 0 Å². The van der Waals surface area contributed by atoms with E-state index in [1.165, 1.54) is 19.2 Å². The average molecular weight is 250 g/mol. The highest BCUT2D eigenvalue weighted by Crippen LogP contribution is 2.28. The lowest BCUT2D eigenvalue weighted by Gasteiger charge is -2.38. The molecule has 5 nitrogen and oxygen atoms in total. The Kier molecular flexibility index (Phi) is 3.43. The normalized spacial score (nSPS) is 16.8. The van der Waals surface area contributed by atoms with Gasteiger partial charge < -0.3 is 20.9 Å². The molecule has 1 amide bonds. The highest BCUT2D eigenvalue weighted by Gasteiger charge is 2.32. The van der Waals surface area contributed by atoms with Crippen LogP contribution < -0.4 is 15.8 Å². The van der Waals surface area contributed by atoms with Crippen LogP contribution in [0.5, 0.6) is 11.5 Å². The molecule has 5 heteroatoms. The number of hydrogen-bond acceptors (Lipinski definition) is 4. The van der Waals surface area contributed by atoms with Gasteiger partial charge in [0.15, 0.2) is 0 Å². The Morgan fingerprint density at radius 3 is 2.78 bits per heavy atom. The number of aromatic hydroxyl groups is 1. The Bertz CT molecular complexity index is 456. The maximum atomic E-state index is 11.9. The van der Waals surface area contributed by atoms with Crippen molar-refractivity contribution in [2.24, 2.45) is 5.73 Å². The summed E-state index contributed by atoms with van der Waals surface area (Å²) in [6.45, 7) is 0.442. The Labute approximate surface area is 106 Å². The van der Waals surface area contributed by atoms with Gasteiger partial charge >= 0.3 is 0 Å². The monoisotopic (exact) mass is 250 g/mol. The van der Waals surface area contributed by atoms with Crippen LogP contribution >= 0.6 is 0 Å². The van der Waals surface area contributed by atoms with Crippen LogP contribution in [-0.4, -0.2) is 30.2 Å². The van der Waals surface area contributed by atoms with E-state index in [-0.39, 0.29) is 22.8 Å². The first-order valence-corrected chi connectivity index (χ1v) is 5.98. The molecule has 1 aromatic carbocycles. The molecule has 2 rings (SSSR count). The van der Waals surface area contributed by atoms with Crippen molar-refractivity contribution in [1.82, 2.24) is 5.32 Å². The summed E-state index contributed by atoms with van der Waals surface area (Å²) in [6, 6.07) is 4.58. The van der Waals surface area contributed by atoms with Gasteiger partial charge in [0.05, 0.1) is 12.7 Å². The smallest absolute Gasteiger partial charge is 0.255 e. The number of nitrogens with one attached hydrogen (secondary N) is 1. The molecular weight excluding hydrogens is 232 g/mol. The van der Waals surface area contributed by atoms with Crippen molar-refractivity contribution in [2.45, 2.75) is 24.8 Å². The number of phenols is 1. The summed E-state index contributed by atoms with van der Waals surface area (Å²) in [5.74, 6) is 0.108. The molecule has 0 spiro atoms. The molecule has 0 heterocycles. The van der Waals surface area contributed by atoms with Gasteiger partial charge in [-0.25, -0.2) is 0 Å². The predicted octanol–water partition coefficient (Wildman–Crippen LogP) is 1.01. The molecule has 0 atom stereocenters. The Morgan fingerprint density at radius 1 is 1.56 bits per heavy atom. The van der Waals surface area contributed by atoms with Gasteiger partial charge in [-0.3, -0.25) is 4.79 Å². The van der Waals surface area contributed by atoms with Crippen LogP contribution in [-0.2, 0) is 0 Å². The molecule has 1 fully saturated rings. The zero-order valence-electron chi connectivity index (χ0n) is 10.4. The highest BCUT2D eigenvalue weighted by molar-refractivity contribution is 5.97. The molecular formula is C13H18N2O3. The Morgan fingerprint density at radius 2 is 2.28 bits per heavy atom. The van der Waals surface area contributed by atoms with Gasteiger partial charge in [-0.2, -0.15) is 0 Å². The Hall–Kier alpha value is -1.75. The first kappa shape index (κ1) is 12.7. The van der Waals surface area contributed by atoms with Gasteiger partial charge in [-0.15, -0.1) is 0 Å². The van der Waals surface area contributed by atoms with Crippen molar-refractivity contribution in [3.05, 3.63) is 23.8 Å². The van der Waals surface area contributed by atoms with Crippen molar-refractivity contribution in [3.63, 3.8) is 0 Å². The number of ether oxygens (including phenoxy) is 1. The zero-order valence-corrected chi connectivity index (χ0v) is 10.4. The number of benzene rings is 1. The topological polar surface area (TPSA) is 84.6 Å². The van der Waals surface area contributed by atoms with Crippen LogP contribution in [0, 0.1) is 0 Å². The molecule has 98 valence electrons. The number of methoxy groups -OCH3 is 1. The summed E-state index contributed by atoms with van der Waals surface area (Å²) in [6.07, 6.45) is 2.98. The summed E-state index contributed by atoms with van der Waals surface area (Å²) in [5.41, 5.74) is 5.98. The van der Waals surface area contributed by atoms with Gasteiger partial charge in [0.25, 0.3) is 5.91 Å². The van der Waals surface area contributed by atoms with Crippen molar-refractivity contribution >= 4 is 5.91 Å². The maximum absolute atomic E-state index is 11.9. The second-order valence-electron chi connectivity index (χ2n) is 4.78. The number of carbonyl (C=O) groups excluding carboxylic acids is 1. The molecule has 0 aromatic heterocycles. The fraction of sp³-hybridized carbons (Fsp3) is 0.462. The number of nitrogens with two attached hydrogens (primary N) is 1. The van der Waals surface area contributed by atoms with E-state index in [0.29, 0.717) is 12.3 Å². The van der Waals surface area contributed by atoms with E-state index >= 15 is 0 Å². The highest BCUT2D eigenvalue weighted by atomic mass is 16.5.